The summed E-state index contributed by atoms with van der Waals surface area (Å²) in [6, 6.07) is 15.5. The Labute approximate surface area is 192 Å². The lowest BCUT2D eigenvalue weighted by Crippen LogP contribution is -2.21. The van der Waals surface area contributed by atoms with Gasteiger partial charge in [0.15, 0.2) is 16.6 Å². The molecule has 4 aromatic rings. The highest BCUT2D eigenvalue weighted by Gasteiger charge is 2.27. The summed E-state index contributed by atoms with van der Waals surface area (Å²) in [4.78, 5) is 16.8. The topological polar surface area (TPSA) is 99.4 Å². The van der Waals surface area contributed by atoms with Crippen molar-refractivity contribution in [1.29, 1.82) is 0 Å². The predicted molar refractivity (Wildman–Crippen MR) is 121 cm³/mol. The number of aromatic nitrogens is 3. The molecular weight excluding hydrogens is 448 g/mol. The summed E-state index contributed by atoms with van der Waals surface area (Å²) in [5.74, 6) is 1.54. The smallest absolute Gasteiger partial charge is 0.277 e. The number of carbonyl (C=O) groups excluding carboxylic acids is 1. The van der Waals surface area contributed by atoms with Gasteiger partial charge in [-0.05, 0) is 19.1 Å². The average Bonchev–Trinajstić information content (AvgIpc) is 3.48. The molecule has 162 valence electrons. The van der Waals surface area contributed by atoms with Crippen LogP contribution in [0.4, 0.5) is 5.13 Å². The first kappa shape index (κ1) is 20.5. The van der Waals surface area contributed by atoms with E-state index >= 15 is 0 Å². The maximum atomic E-state index is 12.3. The van der Waals surface area contributed by atoms with Gasteiger partial charge in [0.1, 0.15) is 6.61 Å². The van der Waals surface area contributed by atoms with Gasteiger partial charge < -0.3 is 19.2 Å². The van der Waals surface area contributed by atoms with E-state index in [9.17, 15) is 4.79 Å². The number of para-hydroxylation sites is 2. The van der Waals surface area contributed by atoms with E-state index in [0.29, 0.717) is 22.5 Å². The van der Waals surface area contributed by atoms with E-state index in [4.69, 9.17) is 13.9 Å². The molecule has 0 saturated heterocycles. The van der Waals surface area contributed by atoms with Gasteiger partial charge in [-0.1, -0.05) is 53.7 Å². The third-order valence-electron chi connectivity index (χ3n) is 4.63. The number of hydrogen-bond donors (Lipinski definition) is 1. The summed E-state index contributed by atoms with van der Waals surface area (Å²) in [7, 11) is 0. The van der Waals surface area contributed by atoms with Gasteiger partial charge in [-0.2, -0.15) is 0 Å². The zero-order valence-electron chi connectivity index (χ0n) is 17.0. The molecule has 0 fully saturated rings. The Morgan fingerprint density at radius 3 is 2.81 bits per heavy atom. The fraction of sp³-hybridized carbons (Fsp3) is 0.182. The van der Waals surface area contributed by atoms with Crippen molar-refractivity contribution in [2.75, 3.05) is 17.7 Å². The van der Waals surface area contributed by atoms with Crippen LogP contribution >= 0.6 is 23.1 Å². The second kappa shape index (κ2) is 9.01. The quantitative estimate of drug-likeness (QED) is 0.407. The number of fused-ring (bicyclic) bond motifs is 1. The number of carbonyl (C=O) groups is 1. The Morgan fingerprint density at radius 1 is 1.16 bits per heavy atom. The van der Waals surface area contributed by atoms with Crippen molar-refractivity contribution >= 4 is 34.1 Å². The number of benzene rings is 2. The molecule has 5 rings (SSSR count). The van der Waals surface area contributed by atoms with Gasteiger partial charge in [-0.3, -0.25) is 4.79 Å². The Kier molecular flexibility index (Phi) is 5.78. The van der Waals surface area contributed by atoms with Crippen molar-refractivity contribution in [1.82, 2.24) is 15.2 Å². The van der Waals surface area contributed by atoms with Crippen LogP contribution in [0.2, 0.25) is 0 Å². The molecule has 0 radical (unpaired) electrons. The van der Waals surface area contributed by atoms with E-state index in [1.807, 2.05) is 60.8 Å². The second-order valence-electron chi connectivity index (χ2n) is 7.01. The zero-order chi connectivity index (χ0) is 21.9. The molecule has 1 aliphatic heterocycles. The van der Waals surface area contributed by atoms with Gasteiger partial charge in [0, 0.05) is 10.9 Å². The third kappa shape index (κ3) is 4.61. The van der Waals surface area contributed by atoms with Crippen LogP contribution in [0.1, 0.15) is 17.6 Å². The molecule has 1 aliphatic rings. The van der Waals surface area contributed by atoms with E-state index in [1.54, 1.807) is 0 Å². The number of nitrogens with zero attached hydrogens (tertiary/aromatic N) is 3. The Morgan fingerprint density at radius 2 is 1.97 bits per heavy atom. The first-order valence-corrected chi connectivity index (χ1v) is 11.7. The van der Waals surface area contributed by atoms with Gasteiger partial charge in [-0.15, -0.1) is 21.5 Å². The zero-order valence-corrected chi connectivity index (χ0v) is 18.6. The fourth-order valence-corrected chi connectivity index (χ4v) is 4.33. The highest BCUT2D eigenvalue weighted by molar-refractivity contribution is 7.99. The monoisotopic (exact) mass is 466 g/mol. The number of amides is 1. The molecule has 1 amide bonds. The van der Waals surface area contributed by atoms with Crippen molar-refractivity contribution in [2.24, 2.45) is 0 Å². The van der Waals surface area contributed by atoms with Gasteiger partial charge in [-0.25, -0.2) is 4.98 Å². The minimum atomic E-state index is -0.490. The van der Waals surface area contributed by atoms with Gasteiger partial charge in [0.25, 0.3) is 11.1 Å². The second-order valence-corrected chi connectivity index (χ2v) is 8.80. The number of aryl methyl sites for hydroxylation is 1. The molecule has 0 spiro atoms. The largest absolute Gasteiger partial charge is 0.485 e. The molecule has 0 unspecified atom stereocenters. The van der Waals surface area contributed by atoms with Gasteiger partial charge in [0.2, 0.25) is 12.0 Å². The summed E-state index contributed by atoms with van der Waals surface area (Å²) in [6.45, 7) is 2.31. The SMILES string of the molecule is Cc1ccc(-c2csc(NC(=O)CSc3nnc([C@@H]4COc5ccccc5O4)o3)n2)cc1. The van der Waals surface area contributed by atoms with Crippen LogP contribution in [-0.2, 0) is 4.79 Å². The van der Waals surface area contributed by atoms with E-state index in [1.165, 1.54) is 16.9 Å². The maximum Gasteiger partial charge on any atom is 0.277 e. The van der Waals surface area contributed by atoms with E-state index in [0.717, 1.165) is 23.0 Å². The number of anilines is 1. The molecule has 0 saturated carbocycles. The minimum Gasteiger partial charge on any atom is -0.485 e. The number of thioether (sulfide) groups is 1. The Hall–Kier alpha value is -3.37. The standard InChI is InChI=1S/C22H18N4O4S2/c1-13-6-8-14(9-7-13)15-11-31-21(23-15)24-19(27)12-32-22-26-25-20(30-22)18-10-28-16-4-2-3-5-17(16)29-18/h2-9,11,18H,10,12H2,1H3,(H,23,24,27)/t18-/m0/s1. The van der Waals surface area contributed by atoms with Crippen LogP contribution in [0.15, 0.2) is 63.6 Å². The molecule has 2 aromatic heterocycles. The van der Waals surface area contributed by atoms with Crippen LogP contribution in [0.5, 0.6) is 11.5 Å². The highest BCUT2D eigenvalue weighted by Crippen LogP contribution is 2.36. The van der Waals surface area contributed by atoms with Gasteiger partial charge >= 0.3 is 0 Å². The first-order valence-electron chi connectivity index (χ1n) is 9.81. The van der Waals surface area contributed by atoms with E-state index in [2.05, 4.69) is 20.5 Å². The number of nitrogens with one attached hydrogen (secondary N) is 1. The predicted octanol–water partition coefficient (Wildman–Crippen LogP) is 4.74. The van der Waals surface area contributed by atoms with Crippen molar-refractivity contribution in [3.63, 3.8) is 0 Å². The number of hydrogen-bond acceptors (Lipinski definition) is 9. The van der Waals surface area contributed by atoms with Gasteiger partial charge in [0.05, 0.1) is 11.4 Å². The molecule has 8 nitrogen and oxygen atoms in total. The summed E-state index contributed by atoms with van der Waals surface area (Å²) < 4.78 is 17.2. The lowest BCUT2D eigenvalue weighted by Gasteiger charge is -2.23. The maximum absolute atomic E-state index is 12.3. The summed E-state index contributed by atoms with van der Waals surface area (Å²) in [6.07, 6.45) is -0.490. The van der Waals surface area contributed by atoms with Crippen molar-refractivity contribution < 1.29 is 18.7 Å². The highest BCUT2D eigenvalue weighted by atomic mass is 32.2. The lowest BCUT2D eigenvalue weighted by molar-refractivity contribution is -0.113. The number of rotatable bonds is 6. The summed E-state index contributed by atoms with van der Waals surface area (Å²) in [5.41, 5.74) is 3.03. The lowest BCUT2D eigenvalue weighted by atomic mass is 10.1. The number of ether oxygens (including phenoxy) is 2. The summed E-state index contributed by atoms with van der Waals surface area (Å²) in [5, 5.41) is 13.6. The summed E-state index contributed by atoms with van der Waals surface area (Å²) >= 11 is 2.53. The average molecular weight is 467 g/mol. The molecule has 0 bridgehead atoms. The van der Waals surface area contributed by atoms with Crippen LogP contribution in [0.3, 0.4) is 0 Å². The fourth-order valence-electron chi connectivity index (χ4n) is 3.02. The minimum absolute atomic E-state index is 0.117. The molecule has 1 N–H and O–H groups in total. The Bertz CT molecular complexity index is 1240. The first-order chi connectivity index (χ1) is 15.6. The van der Waals surface area contributed by atoms with Crippen LogP contribution in [0, 0.1) is 6.92 Å². The normalized spacial score (nSPS) is 14.8. The molecule has 0 aliphatic carbocycles. The van der Waals surface area contributed by atoms with Crippen molar-refractivity contribution in [3.05, 3.63) is 65.4 Å². The molecule has 32 heavy (non-hydrogen) atoms. The van der Waals surface area contributed by atoms with Crippen molar-refractivity contribution in [3.8, 4) is 22.8 Å². The van der Waals surface area contributed by atoms with E-state index in [-0.39, 0.29) is 23.5 Å². The molecule has 2 aromatic carbocycles. The van der Waals surface area contributed by atoms with E-state index < -0.39 is 6.10 Å². The molecule has 1 atom stereocenters. The number of thiazole rings is 1. The molecular formula is C22H18N4O4S2. The van der Waals surface area contributed by atoms with Crippen LogP contribution in [0.25, 0.3) is 11.3 Å². The third-order valence-corrected chi connectivity index (χ3v) is 6.21. The van der Waals surface area contributed by atoms with Crippen LogP contribution in [-0.4, -0.2) is 33.4 Å². The van der Waals surface area contributed by atoms with Crippen LogP contribution < -0.4 is 14.8 Å². The molecule has 3 heterocycles. The molecule has 10 heteroatoms. The Balaban J connectivity index is 1.15. The van der Waals surface area contributed by atoms with Crippen molar-refractivity contribution in [2.45, 2.75) is 18.3 Å².